The molecular formula is C17H29N3O. The maximum absolute atomic E-state index is 8.91. The van der Waals surface area contributed by atoms with E-state index in [9.17, 15) is 0 Å². The Balaban J connectivity index is 1.76. The number of likely N-dealkylation sites (tertiary alicyclic amines) is 1. The van der Waals surface area contributed by atoms with Gasteiger partial charge in [0.1, 0.15) is 0 Å². The molecule has 0 aromatic carbocycles. The van der Waals surface area contributed by atoms with Crippen molar-refractivity contribution in [1.29, 1.82) is 0 Å². The van der Waals surface area contributed by atoms with Crippen LogP contribution >= 0.6 is 0 Å². The summed E-state index contributed by atoms with van der Waals surface area (Å²) in [4.78, 5) is 6.92. The molecule has 1 saturated heterocycles. The Morgan fingerprint density at radius 1 is 1.48 bits per heavy atom. The van der Waals surface area contributed by atoms with Crippen LogP contribution in [0.5, 0.6) is 0 Å². The van der Waals surface area contributed by atoms with Crippen LogP contribution in [0.15, 0.2) is 24.4 Å². The van der Waals surface area contributed by atoms with Gasteiger partial charge in [0.15, 0.2) is 0 Å². The van der Waals surface area contributed by atoms with E-state index in [1.54, 1.807) is 0 Å². The van der Waals surface area contributed by atoms with Crippen molar-refractivity contribution in [2.75, 3.05) is 19.7 Å². The number of hydrogen-bond donors (Lipinski definition) is 2. The number of rotatable bonds is 7. The van der Waals surface area contributed by atoms with E-state index in [1.165, 1.54) is 6.42 Å². The summed E-state index contributed by atoms with van der Waals surface area (Å²) in [5.74, 6) is 0.652. The van der Waals surface area contributed by atoms with Crippen molar-refractivity contribution in [3.05, 3.63) is 30.1 Å². The molecule has 21 heavy (non-hydrogen) atoms. The molecule has 0 radical (unpaired) electrons. The summed E-state index contributed by atoms with van der Waals surface area (Å²) in [7, 11) is 0. The molecule has 0 aliphatic carbocycles. The number of piperidine rings is 1. The highest BCUT2D eigenvalue weighted by Crippen LogP contribution is 2.19. The number of nitrogens with zero attached hydrogens (tertiary/aromatic N) is 2. The van der Waals surface area contributed by atoms with Crippen molar-refractivity contribution in [1.82, 2.24) is 15.2 Å². The van der Waals surface area contributed by atoms with Crippen molar-refractivity contribution in [2.24, 2.45) is 5.92 Å². The van der Waals surface area contributed by atoms with Gasteiger partial charge in [-0.25, -0.2) is 0 Å². The smallest absolute Gasteiger partial charge is 0.0543 e. The molecule has 1 aliphatic heterocycles. The molecule has 3 atom stereocenters. The van der Waals surface area contributed by atoms with Gasteiger partial charge in [0.05, 0.1) is 5.69 Å². The largest absolute Gasteiger partial charge is 0.396 e. The lowest BCUT2D eigenvalue weighted by Crippen LogP contribution is -2.50. The Hall–Kier alpha value is -0.970. The second-order valence-corrected chi connectivity index (χ2v) is 6.36. The molecule has 0 bridgehead atoms. The van der Waals surface area contributed by atoms with Gasteiger partial charge in [0.2, 0.25) is 0 Å². The average molecular weight is 291 g/mol. The van der Waals surface area contributed by atoms with E-state index in [1.807, 2.05) is 12.3 Å². The van der Waals surface area contributed by atoms with Crippen LogP contribution < -0.4 is 5.32 Å². The third-order valence-electron chi connectivity index (χ3n) is 4.39. The number of aliphatic hydroxyl groups excluding tert-OH is 1. The first kappa shape index (κ1) is 16.4. The van der Waals surface area contributed by atoms with Gasteiger partial charge in [-0.05, 0) is 44.2 Å². The van der Waals surface area contributed by atoms with Crippen molar-refractivity contribution in [2.45, 2.75) is 51.7 Å². The highest BCUT2D eigenvalue weighted by molar-refractivity contribution is 5.03. The number of hydrogen-bond acceptors (Lipinski definition) is 4. The fourth-order valence-corrected chi connectivity index (χ4v) is 3.19. The van der Waals surface area contributed by atoms with Crippen LogP contribution in [0.4, 0.5) is 0 Å². The molecule has 1 fully saturated rings. The van der Waals surface area contributed by atoms with Crippen LogP contribution in [0.2, 0.25) is 0 Å². The fourth-order valence-electron chi connectivity index (χ4n) is 3.19. The average Bonchev–Trinajstić information content (AvgIpc) is 2.49. The zero-order valence-corrected chi connectivity index (χ0v) is 13.3. The number of pyridine rings is 1. The maximum atomic E-state index is 8.91. The van der Waals surface area contributed by atoms with E-state index in [0.717, 1.165) is 38.2 Å². The highest BCUT2D eigenvalue weighted by Gasteiger charge is 2.26. The molecule has 2 N–H and O–H groups in total. The molecule has 1 aromatic rings. The first-order valence-corrected chi connectivity index (χ1v) is 8.18. The zero-order valence-electron chi connectivity index (χ0n) is 13.3. The molecule has 4 nitrogen and oxygen atoms in total. The second kappa shape index (κ2) is 8.47. The van der Waals surface area contributed by atoms with Crippen LogP contribution in [0, 0.1) is 5.92 Å². The summed E-state index contributed by atoms with van der Waals surface area (Å²) >= 11 is 0. The fraction of sp³-hybridized carbons (Fsp3) is 0.706. The monoisotopic (exact) mass is 291 g/mol. The number of aromatic nitrogens is 1. The van der Waals surface area contributed by atoms with Gasteiger partial charge in [-0.3, -0.25) is 9.88 Å². The molecule has 1 aliphatic rings. The minimum absolute atomic E-state index is 0.296. The Labute approximate surface area is 128 Å². The van der Waals surface area contributed by atoms with Gasteiger partial charge in [-0.1, -0.05) is 13.0 Å². The lowest BCUT2D eigenvalue weighted by molar-refractivity contribution is 0.132. The molecule has 2 rings (SSSR count). The molecule has 2 heterocycles. The summed E-state index contributed by atoms with van der Waals surface area (Å²) in [6.45, 7) is 8.07. The SMILES string of the molecule is CC(CCCO)NC1CCN(Cc2ccccn2)CC1C. The van der Waals surface area contributed by atoms with E-state index >= 15 is 0 Å². The molecular weight excluding hydrogens is 262 g/mol. The highest BCUT2D eigenvalue weighted by atomic mass is 16.2. The molecule has 0 saturated carbocycles. The van der Waals surface area contributed by atoms with Crippen LogP contribution in [-0.2, 0) is 6.54 Å². The van der Waals surface area contributed by atoms with Crippen LogP contribution in [0.1, 0.15) is 38.8 Å². The molecule has 1 aromatic heterocycles. The Bertz CT molecular complexity index is 398. The molecule has 118 valence electrons. The van der Waals surface area contributed by atoms with Gasteiger partial charge in [0, 0.05) is 44.5 Å². The Morgan fingerprint density at radius 2 is 2.33 bits per heavy atom. The van der Waals surface area contributed by atoms with Crippen molar-refractivity contribution in [3.8, 4) is 0 Å². The van der Waals surface area contributed by atoms with E-state index in [2.05, 4.69) is 41.2 Å². The first-order valence-electron chi connectivity index (χ1n) is 8.18. The van der Waals surface area contributed by atoms with Gasteiger partial charge in [-0.15, -0.1) is 0 Å². The lowest BCUT2D eigenvalue weighted by atomic mass is 9.92. The summed E-state index contributed by atoms with van der Waals surface area (Å²) in [6, 6.07) is 7.22. The second-order valence-electron chi connectivity index (χ2n) is 6.36. The Kier molecular flexibility index (Phi) is 6.61. The molecule has 0 spiro atoms. The van der Waals surface area contributed by atoms with E-state index in [4.69, 9.17) is 5.11 Å². The minimum atomic E-state index is 0.296. The molecule has 3 unspecified atom stereocenters. The van der Waals surface area contributed by atoms with E-state index in [0.29, 0.717) is 24.6 Å². The maximum Gasteiger partial charge on any atom is 0.0543 e. The number of aliphatic hydroxyl groups is 1. The minimum Gasteiger partial charge on any atom is -0.396 e. The Morgan fingerprint density at radius 3 is 3.00 bits per heavy atom. The molecule has 0 amide bonds. The van der Waals surface area contributed by atoms with E-state index < -0.39 is 0 Å². The number of nitrogens with one attached hydrogen (secondary N) is 1. The third kappa shape index (κ3) is 5.38. The molecule has 4 heteroatoms. The lowest BCUT2D eigenvalue weighted by Gasteiger charge is -2.38. The van der Waals surface area contributed by atoms with Crippen LogP contribution in [0.3, 0.4) is 0 Å². The van der Waals surface area contributed by atoms with E-state index in [-0.39, 0.29) is 0 Å². The van der Waals surface area contributed by atoms with Crippen LogP contribution in [0.25, 0.3) is 0 Å². The zero-order chi connectivity index (χ0) is 15.1. The standard InChI is InChI=1S/C17H29N3O/c1-14-12-20(13-16-7-3-4-9-18-16)10-8-17(14)19-15(2)6-5-11-21/h3-4,7,9,14-15,17,19,21H,5-6,8,10-13H2,1-2H3. The summed E-state index contributed by atoms with van der Waals surface area (Å²) in [5.41, 5.74) is 1.16. The predicted molar refractivity (Wildman–Crippen MR) is 86.0 cm³/mol. The van der Waals surface area contributed by atoms with Crippen LogP contribution in [-0.4, -0.2) is 46.8 Å². The normalized spacial score (nSPS) is 24.9. The van der Waals surface area contributed by atoms with Gasteiger partial charge in [0.25, 0.3) is 0 Å². The third-order valence-corrected chi connectivity index (χ3v) is 4.39. The van der Waals surface area contributed by atoms with Gasteiger partial charge in [-0.2, -0.15) is 0 Å². The first-order chi connectivity index (χ1) is 10.2. The summed E-state index contributed by atoms with van der Waals surface area (Å²) in [6.07, 6.45) is 5.01. The van der Waals surface area contributed by atoms with Crippen molar-refractivity contribution < 1.29 is 5.11 Å². The van der Waals surface area contributed by atoms with Gasteiger partial charge >= 0.3 is 0 Å². The summed E-state index contributed by atoms with van der Waals surface area (Å²) in [5, 5.41) is 12.6. The summed E-state index contributed by atoms with van der Waals surface area (Å²) < 4.78 is 0. The van der Waals surface area contributed by atoms with Crippen molar-refractivity contribution >= 4 is 0 Å². The topological polar surface area (TPSA) is 48.4 Å². The van der Waals surface area contributed by atoms with Gasteiger partial charge < -0.3 is 10.4 Å². The van der Waals surface area contributed by atoms with Crippen molar-refractivity contribution in [3.63, 3.8) is 0 Å². The predicted octanol–water partition coefficient (Wildman–Crippen LogP) is 2.04. The quantitative estimate of drug-likeness (QED) is 0.807.